The number of aromatic nitrogens is 2. The number of hydrogen-bond donors (Lipinski definition) is 2. The third-order valence-corrected chi connectivity index (χ3v) is 1.63. The lowest BCUT2D eigenvalue weighted by Gasteiger charge is -2.09. The Hall–Kier alpha value is -1.47. The summed E-state index contributed by atoms with van der Waals surface area (Å²) in [5, 5.41) is 27.9. The van der Waals surface area contributed by atoms with Gasteiger partial charge in [-0.05, 0) is 4.92 Å². The van der Waals surface area contributed by atoms with Crippen molar-refractivity contribution in [3.8, 4) is 0 Å². The molecule has 1 aromatic rings. The Balaban J connectivity index is 2.98. The van der Waals surface area contributed by atoms with Gasteiger partial charge in [0, 0.05) is 0 Å². The number of aliphatic hydroxyl groups excluding tert-OH is 2. The maximum Gasteiger partial charge on any atom is 0.434 e. The minimum absolute atomic E-state index is 0.367. The molecule has 0 aliphatic heterocycles. The standard InChI is InChI=1S/C6H9N3O4/c10-3-5(4-11)8-2-1-7-6(8)9(12)13/h1-2,5,10-11H,3-4H2. The fraction of sp³-hybridized carbons (Fsp3) is 0.500. The Bertz CT molecular complexity index is 294. The highest BCUT2D eigenvalue weighted by molar-refractivity contribution is 5.08. The van der Waals surface area contributed by atoms with Gasteiger partial charge in [-0.2, -0.15) is 0 Å². The van der Waals surface area contributed by atoms with Crippen molar-refractivity contribution in [1.29, 1.82) is 0 Å². The van der Waals surface area contributed by atoms with Crippen molar-refractivity contribution in [3.05, 3.63) is 22.5 Å². The molecule has 72 valence electrons. The Labute approximate surface area is 73.4 Å². The first-order valence-electron chi connectivity index (χ1n) is 3.59. The van der Waals surface area contributed by atoms with Gasteiger partial charge in [0.1, 0.15) is 18.4 Å². The fourth-order valence-corrected chi connectivity index (χ4v) is 0.965. The van der Waals surface area contributed by atoms with E-state index < -0.39 is 11.0 Å². The summed E-state index contributed by atoms with van der Waals surface area (Å²) >= 11 is 0. The van der Waals surface area contributed by atoms with Gasteiger partial charge >= 0.3 is 5.95 Å². The van der Waals surface area contributed by atoms with Crippen LogP contribution in [-0.2, 0) is 0 Å². The van der Waals surface area contributed by atoms with Crippen molar-refractivity contribution in [1.82, 2.24) is 9.55 Å². The number of imidazole rings is 1. The van der Waals surface area contributed by atoms with Gasteiger partial charge in [-0.3, -0.25) is 0 Å². The van der Waals surface area contributed by atoms with Crippen LogP contribution in [0.15, 0.2) is 12.4 Å². The van der Waals surface area contributed by atoms with Crippen LogP contribution < -0.4 is 0 Å². The second kappa shape index (κ2) is 3.97. The van der Waals surface area contributed by atoms with Gasteiger partial charge in [-0.1, -0.05) is 4.98 Å². The van der Waals surface area contributed by atoms with E-state index in [1.807, 2.05) is 0 Å². The smallest absolute Gasteiger partial charge is 0.393 e. The lowest BCUT2D eigenvalue weighted by Crippen LogP contribution is -2.18. The largest absolute Gasteiger partial charge is 0.434 e. The molecular weight excluding hydrogens is 178 g/mol. The van der Waals surface area contributed by atoms with Crippen LogP contribution in [0, 0.1) is 10.1 Å². The van der Waals surface area contributed by atoms with Crippen LogP contribution in [0.4, 0.5) is 5.95 Å². The van der Waals surface area contributed by atoms with Crippen LogP contribution in [0.5, 0.6) is 0 Å². The number of aliphatic hydroxyl groups is 2. The Morgan fingerprint density at radius 3 is 2.69 bits per heavy atom. The first-order valence-corrected chi connectivity index (χ1v) is 3.59. The van der Waals surface area contributed by atoms with Gasteiger partial charge in [0.25, 0.3) is 0 Å². The first kappa shape index (κ1) is 9.62. The van der Waals surface area contributed by atoms with Crippen LogP contribution in [0.25, 0.3) is 0 Å². The van der Waals surface area contributed by atoms with Gasteiger partial charge < -0.3 is 20.3 Å². The molecule has 0 unspecified atom stereocenters. The van der Waals surface area contributed by atoms with E-state index in [4.69, 9.17) is 10.2 Å². The number of nitrogens with zero attached hydrogens (tertiary/aromatic N) is 3. The molecule has 0 bridgehead atoms. The first-order chi connectivity index (χ1) is 6.20. The molecule has 7 heteroatoms. The summed E-state index contributed by atoms with van der Waals surface area (Å²) in [5.74, 6) is -0.381. The fourth-order valence-electron chi connectivity index (χ4n) is 0.965. The molecule has 0 aromatic carbocycles. The molecule has 0 saturated carbocycles. The van der Waals surface area contributed by atoms with Crippen LogP contribution in [0.1, 0.15) is 6.04 Å². The van der Waals surface area contributed by atoms with E-state index in [0.717, 1.165) is 4.57 Å². The average Bonchev–Trinajstić information content (AvgIpc) is 2.55. The minimum Gasteiger partial charge on any atom is -0.393 e. The van der Waals surface area contributed by atoms with E-state index in [2.05, 4.69) is 4.98 Å². The molecule has 0 amide bonds. The van der Waals surface area contributed by atoms with Crippen molar-refractivity contribution in [2.75, 3.05) is 13.2 Å². The van der Waals surface area contributed by atoms with Crippen molar-refractivity contribution in [2.45, 2.75) is 6.04 Å². The predicted molar refractivity (Wildman–Crippen MR) is 42.1 cm³/mol. The molecule has 0 fully saturated rings. The summed E-state index contributed by atoms with van der Waals surface area (Å²) in [6.07, 6.45) is 2.59. The normalized spacial score (nSPS) is 10.7. The number of nitro groups is 1. The molecule has 1 rings (SSSR count). The maximum atomic E-state index is 10.4. The van der Waals surface area contributed by atoms with Crippen LogP contribution in [0.3, 0.4) is 0 Å². The molecule has 0 aliphatic carbocycles. The third kappa shape index (κ3) is 1.82. The van der Waals surface area contributed by atoms with Crippen molar-refractivity contribution >= 4 is 5.95 Å². The molecular formula is C6H9N3O4. The lowest BCUT2D eigenvalue weighted by molar-refractivity contribution is -0.397. The highest BCUT2D eigenvalue weighted by Crippen LogP contribution is 2.14. The van der Waals surface area contributed by atoms with Crippen LogP contribution in [-0.4, -0.2) is 37.9 Å². The van der Waals surface area contributed by atoms with Crippen molar-refractivity contribution in [3.63, 3.8) is 0 Å². The zero-order valence-corrected chi connectivity index (χ0v) is 6.70. The molecule has 7 nitrogen and oxygen atoms in total. The highest BCUT2D eigenvalue weighted by Gasteiger charge is 2.21. The van der Waals surface area contributed by atoms with Gasteiger partial charge in [0.2, 0.25) is 0 Å². The van der Waals surface area contributed by atoms with Crippen molar-refractivity contribution in [2.24, 2.45) is 0 Å². The van der Waals surface area contributed by atoms with Crippen LogP contribution in [0.2, 0.25) is 0 Å². The van der Waals surface area contributed by atoms with E-state index in [-0.39, 0.29) is 19.2 Å². The van der Waals surface area contributed by atoms with E-state index >= 15 is 0 Å². The third-order valence-electron chi connectivity index (χ3n) is 1.63. The number of rotatable bonds is 4. The summed E-state index contributed by atoms with van der Waals surface area (Å²) in [5.41, 5.74) is 0. The molecule has 2 N–H and O–H groups in total. The van der Waals surface area contributed by atoms with E-state index in [0.29, 0.717) is 0 Å². The molecule has 0 aliphatic rings. The van der Waals surface area contributed by atoms with E-state index in [1.165, 1.54) is 12.4 Å². The molecule has 13 heavy (non-hydrogen) atoms. The molecule has 0 atom stereocenters. The topological polar surface area (TPSA) is 101 Å². The van der Waals surface area contributed by atoms with Crippen molar-refractivity contribution < 1.29 is 15.1 Å². The molecule has 0 radical (unpaired) electrons. The Morgan fingerprint density at radius 2 is 2.23 bits per heavy atom. The van der Waals surface area contributed by atoms with Crippen LogP contribution >= 0.6 is 0 Å². The molecule has 1 heterocycles. The summed E-state index contributed by atoms with van der Waals surface area (Å²) < 4.78 is 1.12. The minimum atomic E-state index is -0.706. The van der Waals surface area contributed by atoms with Gasteiger partial charge in [-0.25, -0.2) is 4.57 Å². The molecule has 1 aromatic heterocycles. The highest BCUT2D eigenvalue weighted by atomic mass is 16.6. The van der Waals surface area contributed by atoms with E-state index in [1.54, 1.807) is 0 Å². The summed E-state index contributed by atoms with van der Waals surface area (Å²) in [7, 11) is 0. The predicted octanol–water partition coefficient (Wildman–Crippen LogP) is -0.683. The van der Waals surface area contributed by atoms with Gasteiger partial charge in [0.05, 0.1) is 13.2 Å². The Morgan fingerprint density at radius 1 is 1.62 bits per heavy atom. The second-order valence-electron chi connectivity index (χ2n) is 2.41. The summed E-state index contributed by atoms with van der Waals surface area (Å²) in [6, 6.07) is -0.706. The zero-order chi connectivity index (χ0) is 9.84. The quantitative estimate of drug-likeness (QED) is 0.480. The summed E-state index contributed by atoms with van der Waals surface area (Å²) in [6.45, 7) is -0.735. The zero-order valence-electron chi connectivity index (χ0n) is 6.70. The molecule has 0 saturated heterocycles. The number of hydrogen-bond acceptors (Lipinski definition) is 5. The molecule has 0 spiro atoms. The lowest BCUT2D eigenvalue weighted by atomic mass is 10.3. The average molecular weight is 187 g/mol. The van der Waals surface area contributed by atoms with E-state index in [9.17, 15) is 10.1 Å². The summed E-state index contributed by atoms with van der Waals surface area (Å²) in [4.78, 5) is 13.2. The second-order valence-corrected chi connectivity index (χ2v) is 2.41. The Kier molecular flexibility index (Phi) is 2.93. The van der Waals surface area contributed by atoms with Gasteiger partial charge in [-0.15, -0.1) is 0 Å². The monoisotopic (exact) mass is 187 g/mol. The SMILES string of the molecule is O=[N+]([O-])c1nccn1C(CO)CO. The maximum absolute atomic E-state index is 10.4. The van der Waals surface area contributed by atoms with Gasteiger partial charge in [0.15, 0.2) is 0 Å².